The molecule has 0 amide bonds. The number of phenolic OH excluding ortho intramolecular Hbond substituents is 1. The Kier molecular flexibility index (Phi) is 4.12. The zero-order chi connectivity index (χ0) is 18.3. The Bertz CT molecular complexity index is 1060. The number of H-pyrrole nitrogens is 1. The number of rotatable bonds is 3. The van der Waals surface area contributed by atoms with E-state index in [2.05, 4.69) is 16.0 Å². The maximum Gasteiger partial charge on any atom is 0.205 e. The molecule has 2 heterocycles. The van der Waals surface area contributed by atoms with Crippen molar-refractivity contribution in [2.45, 2.75) is 20.3 Å². The van der Waals surface area contributed by atoms with Gasteiger partial charge in [0.15, 0.2) is 11.5 Å². The monoisotopic (exact) mass is 366 g/mol. The van der Waals surface area contributed by atoms with Gasteiger partial charge in [0.25, 0.3) is 0 Å². The molecule has 0 bridgehead atoms. The molecule has 0 atom stereocenters. The summed E-state index contributed by atoms with van der Waals surface area (Å²) < 4.78 is 11.9. The number of ether oxygens (including phenoxy) is 2. The van der Waals surface area contributed by atoms with Crippen LogP contribution in [-0.4, -0.2) is 21.7 Å². The lowest BCUT2D eigenvalue weighted by Gasteiger charge is -2.21. The van der Waals surface area contributed by atoms with Crippen molar-refractivity contribution in [1.29, 1.82) is 0 Å². The van der Waals surface area contributed by atoms with E-state index >= 15 is 0 Å². The number of nitrogens with zero attached hydrogens (tertiary/aromatic N) is 1. The topological polar surface area (TPSA) is 67.4 Å². The molecule has 0 saturated carbocycles. The molecule has 0 saturated heterocycles. The normalized spacial score (nSPS) is 12.1. The molecule has 4 rings (SSSR count). The number of nitrogens with one attached hydrogen (secondary N) is 1. The van der Waals surface area contributed by atoms with Crippen LogP contribution in [0, 0.1) is 11.6 Å². The number of phenols is 1. The SMILES string of the molecule is CCOc1cccc(-c2nc(=S)c3c([nH]2)Oc2ccc(C)cc2C3)c1O. The molecule has 0 fully saturated rings. The zero-order valence-corrected chi connectivity index (χ0v) is 15.3. The third-order valence-electron chi connectivity index (χ3n) is 4.33. The van der Waals surface area contributed by atoms with Gasteiger partial charge in [0, 0.05) is 6.42 Å². The molecule has 0 unspecified atom stereocenters. The number of aryl methyl sites for hydroxylation is 1. The molecule has 3 aromatic rings. The fraction of sp³-hybridized carbons (Fsp3) is 0.200. The van der Waals surface area contributed by atoms with Crippen molar-refractivity contribution in [2.75, 3.05) is 6.61 Å². The second-order valence-corrected chi connectivity index (χ2v) is 6.56. The number of benzene rings is 2. The lowest BCUT2D eigenvalue weighted by atomic mass is 10.0. The fourth-order valence-corrected chi connectivity index (χ4v) is 3.34. The molecule has 0 radical (unpaired) electrons. The first kappa shape index (κ1) is 16.6. The van der Waals surface area contributed by atoms with Gasteiger partial charge in [-0.05, 0) is 37.6 Å². The number of aromatic amines is 1. The molecular weight excluding hydrogens is 348 g/mol. The van der Waals surface area contributed by atoms with Gasteiger partial charge in [0.2, 0.25) is 5.88 Å². The highest BCUT2D eigenvalue weighted by atomic mass is 32.1. The molecule has 2 aromatic carbocycles. The number of hydrogen-bond donors (Lipinski definition) is 2. The van der Waals surface area contributed by atoms with E-state index in [-0.39, 0.29) is 5.75 Å². The summed E-state index contributed by atoms with van der Waals surface area (Å²) in [4.78, 5) is 7.65. The van der Waals surface area contributed by atoms with Crippen LogP contribution in [0.25, 0.3) is 11.4 Å². The Morgan fingerprint density at radius 3 is 2.96 bits per heavy atom. The molecule has 6 heteroatoms. The van der Waals surface area contributed by atoms with E-state index in [0.29, 0.717) is 40.7 Å². The van der Waals surface area contributed by atoms with Crippen molar-refractivity contribution in [3.8, 4) is 34.5 Å². The van der Waals surface area contributed by atoms with Crippen LogP contribution in [0.2, 0.25) is 0 Å². The highest BCUT2D eigenvalue weighted by molar-refractivity contribution is 7.71. The van der Waals surface area contributed by atoms with E-state index in [1.54, 1.807) is 18.2 Å². The van der Waals surface area contributed by atoms with Crippen LogP contribution < -0.4 is 9.47 Å². The summed E-state index contributed by atoms with van der Waals surface area (Å²) in [6.07, 6.45) is 0.667. The number of aromatic hydroxyl groups is 1. The van der Waals surface area contributed by atoms with E-state index in [1.165, 1.54) is 5.56 Å². The lowest BCUT2D eigenvalue weighted by molar-refractivity contribution is 0.318. The standard InChI is InChI=1S/C20H18N2O3S/c1-3-24-16-6-4-5-13(17(16)23)18-21-19-14(20(26)22-18)10-12-9-11(2)7-8-15(12)25-19/h4-9,23H,3,10H2,1-2H3,(H,21,22,26). The summed E-state index contributed by atoms with van der Waals surface area (Å²) in [7, 11) is 0. The van der Waals surface area contributed by atoms with Gasteiger partial charge < -0.3 is 19.6 Å². The van der Waals surface area contributed by atoms with Crippen LogP contribution in [0.4, 0.5) is 0 Å². The van der Waals surface area contributed by atoms with Crippen molar-refractivity contribution < 1.29 is 14.6 Å². The number of para-hydroxylation sites is 1. The largest absolute Gasteiger partial charge is 0.504 e. The average Bonchev–Trinajstić information content (AvgIpc) is 2.62. The molecule has 132 valence electrons. The van der Waals surface area contributed by atoms with Gasteiger partial charge in [-0.25, -0.2) is 4.98 Å². The summed E-state index contributed by atoms with van der Waals surface area (Å²) in [6.45, 7) is 4.37. The third kappa shape index (κ3) is 2.82. The van der Waals surface area contributed by atoms with Crippen LogP contribution in [0.3, 0.4) is 0 Å². The highest BCUT2D eigenvalue weighted by Gasteiger charge is 2.22. The summed E-state index contributed by atoms with van der Waals surface area (Å²) >= 11 is 5.49. The molecule has 2 N–H and O–H groups in total. The van der Waals surface area contributed by atoms with Gasteiger partial charge in [0.05, 0.1) is 17.7 Å². The van der Waals surface area contributed by atoms with Gasteiger partial charge in [0.1, 0.15) is 16.2 Å². The first-order valence-corrected chi connectivity index (χ1v) is 8.83. The number of hydrogen-bond acceptors (Lipinski definition) is 5. The van der Waals surface area contributed by atoms with E-state index in [1.807, 2.05) is 26.0 Å². The van der Waals surface area contributed by atoms with Crippen LogP contribution >= 0.6 is 12.2 Å². The van der Waals surface area contributed by atoms with Gasteiger partial charge in [-0.15, -0.1) is 0 Å². The van der Waals surface area contributed by atoms with E-state index in [0.717, 1.165) is 16.9 Å². The van der Waals surface area contributed by atoms with Gasteiger partial charge in [-0.2, -0.15) is 0 Å². The van der Waals surface area contributed by atoms with Crippen LogP contribution in [0.15, 0.2) is 36.4 Å². The Morgan fingerprint density at radius 1 is 1.31 bits per heavy atom. The minimum atomic E-state index is 0.0271. The third-order valence-corrected chi connectivity index (χ3v) is 4.66. The Balaban J connectivity index is 1.80. The molecule has 1 aromatic heterocycles. The minimum Gasteiger partial charge on any atom is -0.504 e. The predicted molar refractivity (Wildman–Crippen MR) is 102 cm³/mol. The molecule has 0 spiro atoms. The van der Waals surface area contributed by atoms with Crippen molar-refractivity contribution in [1.82, 2.24) is 9.97 Å². The summed E-state index contributed by atoms with van der Waals surface area (Å²) in [6, 6.07) is 11.3. The van der Waals surface area contributed by atoms with Gasteiger partial charge in [-0.1, -0.05) is 36.0 Å². The predicted octanol–water partition coefficient (Wildman–Crippen LogP) is 4.92. The number of aromatic nitrogens is 2. The van der Waals surface area contributed by atoms with Crippen LogP contribution in [0.1, 0.15) is 23.6 Å². The minimum absolute atomic E-state index is 0.0271. The molecule has 1 aliphatic rings. The van der Waals surface area contributed by atoms with Gasteiger partial charge >= 0.3 is 0 Å². The van der Waals surface area contributed by atoms with E-state index in [9.17, 15) is 5.11 Å². The highest BCUT2D eigenvalue weighted by Crippen LogP contribution is 2.39. The van der Waals surface area contributed by atoms with Crippen LogP contribution in [-0.2, 0) is 6.42 Å². The molecule has 1 aliphatic heterocycles. The first-order valence-electron chi connectivity index (χ1n) is 8.42. The Hall–Kier alpha value is -2.86. The van der Waals surface area contributed by atoms with Crippen LogP contribution in [0.5, 0.6) is 23.1 Å². The van der Waals surface area contributed by atoms with E-state index in [4.69, 9.17) is 21.7 Å². The van der Waals surface area contributed by atoms with Crippen molar-refractivity contribution in [2.24, 2.45) is 0 Å². The molecule has 26 heavy (non-hydrogen) atoms. The maximum atomic E-state index is 10.5. The van der Waals surface area contributed by atoms with Crippen molar-refractivity contribution in [3.05, 3.63) is 57.7 Å². The average molecular weight is 366 g/mol. The molecular formula is C20H18N2O3S. The lowest BCUT2D eigenvalue weighted by Crippen LogP contribution is -2.08. The van der Waals surface area contributed by atoms with Crippen molar-refractivity contribution in [3.63, 3.8) is 0 Å². The maximum absolute atomic E-state index is 10.5. The molecule has 5 nitrogen and oxygen atoms in total. The summed E-state index contributed by atoms with van der Waals surface area (Å²) in [5, 5.41) is 10.5. The van der Waals surface area contributed by atoms with E-state index < -0.39 is 0 Å². The fourth-order valence-electron chi connectivity index (χ4n) is 3.08. The van der Waals surface area contributed by atoms with Crippen molar-refractivity contribution >= 4 is 12.2 Å². The second kappa shape index (κ2) is 6.46. The smallest absolute Gasteiger partial charge is 0.205 e. The molecule has 0 aliphatic carbocycles. The first-order chi connectivity index (χ1) is 12.6. The quantitative estimate of drug-likeness (QED) is 0.504. The zero-order valence-electron chi connectivity index (χ0n) is 14.5. The Labute approximate surface area is 156 Å². The summed E-state index contributed by atoms with van der Waals surface area (Å²) in [5.74, 6) is 2.25. The summed E-state index contributed by atoms with van der Waals surface area (Å²) in [5.41, 5.74) is 3.63. The number of fused-ring (bicyclic) bond motifs is 2. The van der Waals surface area contributed by atoms with Gasteiger partial charge in [-0.3, -0.25) is 0 Å². The Morgan fingerprint density at radius 2 is 2.15 bits per heavy atom. The second-order valence-electron chi connectivity index (χ2n) is 6.17.